The van der Waals surface area contributed by atoms with Crippen molar-refractivity contribution in [3.8, 4) is 11.4 Å². The third-order valence-corrected chi connectivity index (χ3v) is 10.9. The standard InChI is InChI=1S/C36H26N3/c1-3-13-28-23(9-1)25-18-17-22-20-21-8-5-12-27(21)36-32(22)34(25)38(28)30-15-6-16-31(33(30)36)39-29-14-4-2-10-24(29)26-11-7-19-37(36)35(26)39/h1-4,6-7,9-11,13-19,21,27H,5,8,12,20H2/q+1. The molecule has 7 aromatic rings. The number of hydrogen-bond donors (Lipinski definition) is 0. The molecule has 5 heterocycles. The van der Waals surface area contributed by atoms with Crippen molar-refractivity contribution in [1.82, 2.24) is 9.13 Å². The van der Waals surface area contributed by atoms with Crippen LogP contribution in [0.25, 0.3) is 55.1 Å². The minimum Gasteiger partial charge on any atom is -0.308 e. The molecule has 0 N–H and O–H groups in total. The van der Waals surface area contributed by atoms with Crippen LogP contribution in [0.15, 0.2) is 97.2 Å². The summed E-state index contributed by atoms with van der Waals surface area (Å²) < 4.78 is 7.94. The van der Waals surface area contributed by atoms with E-state index in [1.807, 2.05) is 0 Å². The number of pyridine rings is 1. The second-order valence-electron chi connectivity index (χ2n) is 12.3. The lowest BCUT2D eigenvalue weighted by atomic mass is 9.59. The van der Waals surface area contributed by atoms with Crippen LogP contribution in [0.4, 0.5) is 0 Å². The summed E-state index contributed by atoms with van der Waals surface area (Å²) in [5, 5.41) is 5.47. The van der Waals surface area contributed by atoms with E-state index in [-0.39, 0.29) is 5.54 Å². The van der Waals surface area contributed by atoms with Gasteiger partial charge in [0.05, 0.1) is 33.9 Å². The first-order valence-corrected chi connectivity index (χ1v) is 14.5. The quantitative estimate of drug-likeness (QED) is 0.191. The monoisotopic (exact) mass is 500 g/mol. The summed E-state index contributed by atoms with van der Waals surface area (Å²) in [6, 6.07) is 34.7. The highest BCUT2D eigenvalue weighted by Crippen LogP contribution is 2.61. The van der Waals surface area contributed by atoms with Gasteiger partial charge in [0.2, 0.25) is 0 Å². The third kappa shape index (κ3) is 1.91. The Labute approximate surface area is 225 Å². The molecule has 0 radical (unpaired) electrons. The molecule has 3 atom stereocenters. The summed E-state index contributed by atoms with van der Waals surface area (Å²) >= 11 is 0. The molecule has 0 bridgehead atoms. The van der Waals surface area contributed by atoms with Crippen molar-refractivity contribution in [3.05, 3.63) is 114 Å². The van der Waals surface area contributed by atoms with Gasteiger partial charge in [0.1, 0.15) is 11.2 Å². The van der Waals surface area contributed by atoms with Gasteiger partial charge in [-0.3, -0.25) is 0 Å². The number of benzene rings is 4. The molecule has 3 heteroatoms. The van der Waals surface area contributed by atoms with E-state index in [9.17, 15) is 0 Å². The predicted molar refractivity (Wildman–Crippen MR) is 156 cm³/mol. The Morgan fingerprint density at radius 2 is 1.38 bits per heavy atom. The maximum Gasteiger partial charge on any atom is 0.296 e. The van der Waals surface area contributed by atoms with Crippen LogP contribution in [0.1, 0.15) is 36.0 Å². The summed E-state index contributed by atoms with van der Waals surface area (Å²) in [5.74, 6) is 1.30. The Balaban J connectivity index is 1.49. The van der Waals surface area contributed by atoms with E-state index >= 15 is 0 Å². The van der Waals surface area contributed by atoms with Gasteiger partial charge >= 0.3 is 0 Å². The highest BCUT2D eigenvalue weighted by Gasteiger charge is 2.63. The van der Waals surface area contributed by atoms with E-state index in [1.165, 1.54) is 86.4 Å². The number of rotatable bonds is 0. The average Bonchev–Trinajstić information content (AvgIpc) is 3.69. The number of aromatic nitrogens is 3. The molecular formula is C36H26N3+. The van der Waals surface area contributed by atoms with Crippen LogP contribution >= 0.6 is 0 Å². The van der Waals surface area contributed by atoms with Gasteiger partial charge in [-0.2, -0.15) is 4.57 Å². The molecule has 1 saturated carbocycles. The SMILES string of the molecule is c1cc2c3c(c1)-n1c4ccccc4c4ccc[n+](c41)C31c3c(ccc4c5ccccc5n-2c34)CC2CCCC21. The van der Waals surface area contributed by atoms with Gasteiger partial charge in [0.25, 0.3) is 5.65 Å². The number of hydrogen-bond acceptors (Lipinski definition) is 0. The maximum absolute atomic E-state index is 2.75. The molecule has 1 spiro atoms. The van der Waals surface area contributed by atoms with E-state index in [4.69, 9.17) is 0 Å². The Bertz CT molecular complexity index is 2260. The van der Waals surface area contributed by atoms with Crippen molar-refractivity contribution in [2.24, 2.45) is 11.8 Å². The van der Waals surface area contributed by atoms with Gasteiger partial charge in [-0.1, -0.05) is 55.0 Å². The van der Waals surface area contributed by atoms with Crippen molar-refractivity contribution in [2.75, 3.05) is 0 Å². The molecule has 3 unspecified atom stereocenters. The molecule has 39 heavy (non-hydrogen) atoms. The lowest BCUT2D eigenvalue weighted by molar-refractivity contribution is -0.734. The highest BCUT2D eigenvalue weighted by atomic mass is 15.2. The van der Waals surface area contributed by atoms with Gasteiger partial charge in [-0.15, -0.1) is 0 Å². The van der Waals surface area contributed by atoms with E-state index < -0.39 is 0 Å². The van der Waals surface area contributed by atoms with Crippen LogP contribution < -0.4 is 4.57 Å². The Morgan fingerprint density at radius 1 is 0.641 bits per heavy atom. The second-order valence-corrected chi connectivity index (χ2v) is 12.3. The molecule has 2 aliphatic carbocycles. The highest BCUT2D eigenvalue weighted by molar-refractivity contribution is 6.13. The van der Waals surface area contributed by atoms with Gasteiger partial charge in [-0.25, -0.2) is 4.57 Å². The van der Waals surface area contributed by atoms with Gasteiger partial charge in [0, 0.05) is 27.6 Å². The van der Waals surface area contributed by atoms with Crippen molar-refractivity contribution in [1.29, 1.82) is 0 Å². The fourth-order valence-corrected chi connectivity index (χ4v) is 9.74. The largest absolute Gasteiger partial charge is 0.308 e. The molecule has 0 amide bonds. The third-order valence-electron chi connectivity index (χ3n) is 10.9. The zero-order valence-corrected chi connectivity index (χ0v) is 21.6. The van der Waals surface area contributed by atoms with Crippen molar-refractivity contribution in [2.45, 2.75) is 31.2 Å². The Kier molecular flexibility index (Phi) is 3.16. The molecule has 0 saturated heterocycles. The summed E-state index contributed by atoms with van der Waals surface area (Å²) in [7, 11) is 0. The molecule has 4 aliphatic rings. The molecule has 2 aliphatic heterocycles. The minimum absolute atomic E-state index is 0.200. The van der Waals surface area contributed by atoms with E-state index in [2.05, 4.69) is 111 Å². The maximum atomic E-state index is 2.75. The fraction of sp³-hybridized carbons (Fsp3) is 0.194. The van der Waals surface area contributed by atoms with Crippen LogP contribution in [-0.2, 0) is 12.0 Å². The summed E-state index contributed by atoms with van der Waals surface area (Å²) in [6.07, 6.45) is 7.57. The first-order chi connectivity index (χ1) is 19.4. The summed E-state index contributed by atoms with van der Waals surface area (Å²) in [5.41, 5.74) is 12.6. The minimum atomic E-state index is -0.200. The van der Waals surface area contributed by atoms with Crippen LogP contribution in [0.3, 0.4) is 0 Å². The Morgan fingerprint density at radius 3 is 2.26 bits per heavy atom. The predicted octanol–water partition coefficient (Wildman–Crippen LogP) is 7.56. The van der Waals surface area contributed by atoms with Gasteiger partial charge in [0.15, 0.2) is 5.54 Å². The van der Waals surface area contributed by atoms with E-state index in [0.29, 0.717) is 11.8 Å². The lowest BCUT2D eigenvalue weighted by Crippen LogP contribution is -2.67. The van der Waals surface area contributed by atoms with Gasteiger partial charge in [-0.05, 0) is 73.2 Å². The van der Waals surface area contributed by atoms with Crippen LogP contribution in [0.2, 0.25) is 0 Å². The van der Waals surface area contributed by atoms with Crippen molar-refractivity contribution >= 4 is 43.7 Å². The van der Waals surface area contributed by atoms with Gasteiger partial charge < -0.3 is 4.57 Å². The molecule has 11 rings (SSSR count). The zero-order valence-electron chi connectivity index (χ0n) is 21.6. The summed E-state index contributed by atoms with van der Waals surface area (Å²) in [6.45, 7) is 0. The normalized spacial score (nSPS) is 23.6. The molecule has 184 valence electrons. The number of para-hydroxylation sites is 2. The number of nitrogens with zero attached hydrogens (tertiary/aromatic N) is 3. The first kappa shape index (κ1) is 19.7. The van der Waals surface area contributed by atoms with Crippen LogP contribution in [0.5, 0.6) is 0 Å². The van der Waals surface area contributed by atoms with Crippen LogP contribution in [0, 0.1) is 11.8 Å². The van der Waals surface area contributed by atoms with Crippen LogP contribution in [-0.4, -0.2) is 9.13 Å². The average molecular weight is 501 g/mol. The Hall–Kier alpha value is -4.37. The molecule has 3 nitrogen and oxygen atoms in total. The van der Waals surface area contributed by atoms with E-state index in [0.717, 1.165) is 0 Å². The van der Waals surface area contributed by atoms with E-state index in [1.54, 1.807) is 11.1 Å². The molecule has 3 aromatic heterocycles. The van der Waals surface area contributed by atoms with Crippen molar-refractivity contribution in [3.63, 3.8) is 0 Å². The fourth-order valence-electron chi connectivity index (χ4n) is 9.74. The topological polar surface area (TPSA) is 13.7 Å². The molecular weight excluding hydrogens is 474 g/mol. The number of fused-ring (bicyclic) bond motifs is 9. The smallest absolute Gasteiger partial charge is 0.296 e. The lowest BCUT2D eigenvalue weighted by Gasteiger charge is -2.50. The molecule has 4 aromatic carbocycles. The summed E-state index contributed by atoms with van der Waals surface area (Å²) in [4.78, 5) is 0. The zero-order chi connectivity index (χ0) is 25.0. The van der Waals surface area contributed by atoms with Crippen molar-refractivity contribution < 1.29 is 4.57 Å². The molecule has 1 fully saturated rings. The second kappa shape index (κ2) is 6.26. The first-order valence-electron chi connectivity index (χ1n) is 14.5.